The van der Waals surface area contributed by atoms with E-state index in [1.807, 2.05) is 13.0 Å². The smallest absolute Gasteiger partial charge is 0.237 e. The molecule has 0 saturated carbocycles. The van der Waals surface area contributed by atoms with E-state index in [1.165, 1.54) is 4.90 Å². The molecule has 0 spiro atoms. The number of hydrogen-bond acceptors (Lipinski definition) is 4. The summed E-state index contributed by atoms with van der Waals surface area (Å²) < 4.78 is 10.4. The van der Waals surface area contributed by atoms with E-state index < -0.39 is 5.92 Å². The zero-order valence-electron chi connectivity index (χ0n) is 12.0. The summed E-state index contributed by atoms with van der Waals surface area (Å²) in [4.78, 5) is 25.5. The standard InChI is InChI=1S/C15H19NO4/c1-4-7-16-14(17)9-11(15(16)18)10-5-6-12(19-2)13(8-10)20-3/h5-6,8,11H,4,7,9H2,1-3H3. The maximum atomic E-state index is 12.3. The van der Waals surface area contributed by atoms with Crippen LogP contribution in [0.2, 0.25) is 0 Å². The van der Waals surface area contributed by atoms with E-state index in [-0.39, 0.29) is 18.2 Å². The Labute approximate surface area is 118 Å². The zero-order chi connectivity index (χ0) is 14.7. The number of carbonyl (C=O) groups excluding carboxylic acids is 2. The molecule has 1 aromatic carbocycles. The Balaban J connectivity index is 2.28. The van der Waals surface area contributed by atoms with Gasteiger partial charge < -0.3 is 9.47 Å². The molecule has 1 atom stereocenters. The Kier molecular flexibility index (Phi) is 4.27. The van der Waals surface area contributed by atoms with Crippen LogP contribution in [0.3, 0.4) is 0 Å². The van der Waals surface area contributed by atoms with Gasteiger partial charge in [-0.3, -0.25) is 14.5 Å². The Morgan fingerprint density at radius 1 is 1.20 bits per heavy atom. The average molecular weight is 277 g/mol. The lowest BCUT2D eigenvalue weighted by Crippen LogP contribution is -2.30. The molecule has 1 aromatic rings. The number of methoxy groups -OCH3 is 2. The number of rotatable bonds is 5. The van der Waals surface area contributed by atoms with Crippen molar-refractivity contribution in [3.63, 3.8) is 0 Å². The molecule has 0 radical (unpaired) electrons. The van der Waals surface area contributed by atoms with Crippen LogP contribution in [0.15, 0.2) is 18.2 Å². The molecule has 20 heavy (non-hydrogen) atoms. The fraction of sp³-hybridized carbons (Fsp3) is 0.467. The van der Waals surface area contributed by atoms with Crippen LogP contribution < -0.4 is 9.47 Å². The van der Waals surface area contributed by atoms with Gasteiger partial charge in [0.1, 0.15) is 0 Å². The van der Waals surface area contributed by atoms with Gasteiger partial charge >= 0.3 is 0 Å². The van der Waals surface area contributed by atoms with Crippen molar-refractivity contribution >= 4 is 11.8 Å². The average Bonchev–Trinajstić information content (AvgIpc) is 2.75. The van der Waals surface area contributed by atoms with Crippen LogP contribution in [0.5, 0.6) is 11.5 Å². The van der Waals surface area contributed by atoms with E-state index in [0.29, 0.717) is 18.0 Å². The third-order valence-electron chi connectivity index (χ3n) is 3.50. The van der Waals surface area contributed by atoms with Gasteiger partial charge in [0.15, 0.2) is 11.5 Å². The monoisotopic (exact) mass is 277 g/mol. The molecule has 1 heterocycles. The van der Waals surface area contributed by atoms with Crippen LogP contribution in [-0.2, 0) is 9.59 Å². The van der Waals surface area contributed by atoms with Crippen molar-refractivity contribution in [2.75, 3.05) is 20.8 Å². The molecule has 0 bridgehead atoms. The first-order valence-electron chi connectivity index (χ1n) is 6.68. The van der Waals surface area contributed by atoms with Crippen LogP contribution in [0.1, 0.15) is 31.2 Å². The van der Waals surface area contributed by atoms with Crippen molar-refractivity contribution in [1.82, 2.24) is 4.90 Å². The maximum Gasteiger partial charge on any atom is 0.237 e. The first kappa shape index (κ1) is 14.4. The van der Waals surface area contributed by atoms with Gasteiger partial charge in [0, 0.05) is 13.0 Å². The molecule has 1 aliphatic heterocycles. The lowest BCUT2D eigenvalue weighted by Gasteiger charge is -2.15. The molecule has 108 valence electrons. The summed E-state index contributed by atoms with van der Waals surface area (Å²) in [5, 5.41) is 0. The SMILES string of the molecule is CCCN1C(=O)CC(c2ccc(OC)c(OC)c2)C1=O. The van der Waals surface area contributed by atoms with E-state index in [9.17, 15) is 9.59 Å². The lowest BCUT2D eigenvalue weighted by atomic mass is 9.97. The van der Waals surface area contributed by atoms with Crippen molar-refractivity contribution in [3.8, 4) is 11.5 Å². The predicted molar refractivity (Wildman–Crippen MR) is 73.9 cm³/mol. The number of carbonyl (C=O) groups is 2. The first-order valence-corrected chi connectivity index (χ1v) is 6.68. The molecule has 5 nitrogen and oxygen atoms in total. The molecule has 0 aromatic heterocycles. The Bertz CT molecular complexity index is 527. The molecule has 0 N–H and O–H groups in total. The quantitative estimate of drug-likeness (QED) is 0.772. The first-order chi connectivity index (χ1) is 9.62. The molecule has 5 heteroatoms. The second-order valence-corrected chi connectivity index (χ2v) is 4.75. The largest absolute Gasteiger partial charge is 0.493 e. The van der Waals surface area contributed by atoms with E-state index in [4.69, 9.17) is 9.47 Å². The van der Waals surface area contributed by atoms with Gasteiger partial charge in [-0.1, -0.05) is 13.0 Å². The van der Waals surface area contributed by atoms with Crippen molar-refractivity contribution < 1.29 is 19.1 Å². The Hall–Kier alpha value is -2.04. The molecule has 2 rings (SSSR count). The molecule has 1 saturated heterocycles. The maximum absolute atomic E-state index is 12.3. The second kappa shape index (κ2) is 5.94. The third-order valence-corrected chi connectivity index (χ3v) is 3.50. The van der Waals surface area contributed by atoms with Crippen LogP contribution in [0.4, 0.5) is 0 Å². The van der Waals surface area contributed by atoms with Gasteiger partial charge in [-0.05, 0) is 24.1 Å². The number of ether oxygens (including phenoxy) is 2. The summed E-state index contributed by atoms with van der Waals surface area (Å²) in [6.45, 7) is 2.44. The lowest BCUT2D eigenvalue weighted by molar-refractivity contribution is -0.138. The summed E-state index contributed by atoms with van der Waals surface area (Å²) in [6.07, 6.45) is 1.00. The molecule has 1 aliphatic rings. The minimum atomic E-state index is -0.408. The highest BCUT2D eigenvalue weighted by atomic mass is 16.5. The van der Waals surface area contributed by atoms with E-state index in [0.717, 1.165) is 12.0 Å². The molecular formula is C15H19NO4. The second-order valence-electron chi connectivity index (χ2n) is 4.75. The molecule has 1 fully saturated rings. The fourth-order valence-corrected chi connectivity index (χ4v) is 2.47. The van der Waals surface area contributed by atoms with Crippen LogP contribution in [0, 0.1) is 0 Å². The summed E-state index contributed by atoms with van der Waals surface area (Å²) >= 11 is 0. The molecular weight excluding hydrogens is 258 g/mol. The fourth-order valence-electron chi connectivity index (χ4n) is 2.47. The molecule has 2 amide bonds. The number of hydrogen-bond donors (Lipinski definition) is 0. The van der Waals surface area contributed by atoms with Crippen molar-refractivity contribution in [2.24, 2.45) is 0 Å². The van der Waals surface area contributed by atoms with Gasteiger partial charge in [0.25, 0.3) is 0 Å². The van der Waals surface area contributed by atoms with Gasteiger partial charge in [0.05, 0.1) is 20.1 Å². The van der Waals surface area contributed by atoms with Gasteiger partial charge in [-0.2, -0.15) is 0 Å². The minimum Gasteiger partial charge on any atom is -0.493 e. The summed E-state index contributed by atoms with van der Waals surface area (Å²) in [5.41, 5.74) is 0.791. The highest BCUT2D eigenvalue weighted by Crippen LogP contribution is 2.35. The number of amides is 2. The molecule has 1 unspecified atom stereocenters. The number of nitrogens with zero attached hydrogens (tertiary/aromatic N) is 1. The zero-order valence-corrected chi connectivity index (χ0v) is 12.0. The summed E-state index contributed by atoms with van der Waals surface area (Å²) in [7, 11) is 3.11. The van der Waals surface area contributed by atoms with Crippen LogP contribution in [0.25, 0.3) is 0 Å². The van der Waals surface area contributed by atoms with Crippen molar-refractivity contribution in [1.29, 1.82) is 0 Å². The van der Waals surface area contributed by atoms with Gasteiger partial charge in [-0.15, -0.1) is 0 Å². The Morgan fingerprint density at radius 2 is 1.90 bits per heavy atom. The number of imide groups is 1. The number of likely N-dealkylation sites (tertiary alicyclic amines) is 1. The highest BCUT2D eigenvalue weighted by molar-refractivity contribution is 6.06. The highest BCUT2D eigenvalue weighted by Gasteiger charge is 2.39. The van der Waals surface area contributed by atoms with E-state index >= 15 is 0 Å². The minimum absolute atomic E-state index is 0.100. The normalized spacial score (nSPS) is 18.6. The molecule has 0 aliphatic carbocycles. The third kappa shape index (κ3) is 2.48. The van der Waals surface area contributed by atoms with E-state index in [2.05, 4.69) is 0 Å². The van der Waals surface area contributed by atoms with Gasteiger partial charge in [-0.25, -0.2) is 0 Å². The Morgan fingerprint density at radius 3 is 2.50 bits per heavy atom. The van der Waals surface area contributed by atoms with E-state index in [1.54, 1.807) is 26.4 Å². The van der Waals surface area contributed by atoms with Crippen molar-refractivity contribution in [3.05, 3.63) is 23.8 Å². The number of benzene rings is 1. The van der Waals surface area contributed by atoms with Crippen LogP contribution >= 0.6 is 0 Å². The van der Waals surface area contributed by atoms with Gasteiger partial charge in [0.2, 0.25) is 11.8 Å². The predicted octanol–water partition coefficient (Wildman–Crippen LogP) is 1.96. The summed E-state index contributed by atoms with van der Waals surface area (Å²) in [5.74, 6) is 0.548. The van der Waals surface area contributed by atoms with Crippen molar-refractivity contribution in [2.45, 2.75) is 25.7 Å². The topological polar surface area (TPSA) is 55.8 Å². The van der Waals surface area contributed by atoms with Crippen LogP contribution in [-0.4, -0.2) is 37.5 Å². The summed E-state index contributed by atoms with van der Waals surface area (Å²) in [6, 6.07) is 5.34.